The van der Waals surface area contributed by atoms with Crippen LogP contribution in [0.25, 0.3) is 0 Å². The Morgan fingerprint density at radius 3 is 2.62 bits per heavy atom. The first-order chi connectivity index (χ1) is 12.3. The molecule has 0 aromatic heterocycles. The molecule has 0 atom stereocenters. The molecule has 0 radical (unpaired) electrons. The third kappa shape index (κ3) is 4.56. The van der Waals surface area contributed by atoms with Crippen LogP contribution in [0.3, 0.4) is 0 Å². The van der Waals surface area contributed by atoms with E-state index < -0.39 is 5.97 Å². The van der Waals surface area contributed by atoms with E-state index in [2.05, 4.69) is 0 Å². The molecule has 144 valence electrons. The Hall–Kier alpha value is -1.62. The highest BCUT2D eigenvalue weighted by molar-refractivity contribution is 5.66. The number of halogens is 1. The Labute approximate surface area is 154 Å². The first-order valence-electron chi connectivity index (χ1n) is 9.62. The first kappa shape index (κ1) is 19.2. The number of fused-ring (bicyclic) bond motifs is 2. The van der Waals surface area contributed by atoms with Crippen molar-refractivity contribution in [3.8, 4) is 5.75 Å². The van der Waals surface area contributed by atoms with Crippen molar-refractivity contribution in [2.75, 3.05) is 0 Å². The molecule has 0 aliphatic heterocycles. The fraction of sp³-hybridized carbons (Fsp3) is 0.667. The molecular weight excluding hydrogens is 335 g/mol. The van der Waals surface area contributed by atoms with Gasteiger partial charge in [-0.3, -0.25) is 4.79 Å². The molecule has 0 amide bonds. The van der Waals surface area contributed by atoms with Gasteiger partial charge in [0.2, 0.25) is 0 Å². The molecule has 26 heavy (non-hydrogen) atoms. The molecule has 1 N–H and O–H groups in total. The van der Waals surface area contributed by atoms with Gasteiger partial charge in [0, 0.05) is 12.5 Å². The normalized spacial score (nSPS) is 27.2. The molecule has 5 heteroatoms. The highest BCUT2D eigenvalue weighted by atomic mass is 19.1. The summed E-state index contributed by atoms with van der Waals surface area (Å²) in [5.74, 6) is -0.484. The summed E-state index contributed by atoms with van der Waals surface area (Å²) in [6, 6.07) is 4.76. The monoisotopic (exact) mass is 364 g/mol. The van der Waals surface area contributed by atoms with Crippen molar-refractivity contribution >= 4 is 5.97 Å². The average Bonchev–Trinajstić information content (AvgIpc) is 3.08. The van der Waals surface area contributed by atoms with E-state index in [1.807, 2.05) is 19.9 Å². The van der Waals surface area contributed by atoms with Crippen LogP contribution in [0, 0.1) is 11.2 Å². The zero-order valence-corrected chi connectivity index (χ0v) is 15.7. The van der Waals surface area contributed by atoms with Crippen LogP contribution < -0.4 is 4.74 Å². The molecule has 4 nitrogen and oxygen atoms in total. The minimum atomic E-state index is -0.717. The molecule has 2 fully saturated rings. The number of carboxylic acid groups (broad SMARTS) is 1. The van der Waals surface area contributed by atoms with E-state index in [0.717, 1.165) is 50.5 Å². The molecule has 0 spiro atoms. The van der Waals surface area contributed by atoms with Crippen molar-refractivity contribution in [3.05, 3.63) is 29.6 Å². The maximum Gasteiger partial charge on any atom is 0.303 e. The molecule has 2 bridgehead atoms. The summed E-state index contributed by atoms with van der Waals surface area (Å²) in [6.45, 7) is 4.22. The van der Waals surface area contributed by atoms with Crippen LogP contribution in [0.1, 0.15) is 70.8 Å². The smallest absolute Gasteiger partial charge is 0.303 e. The number of ether oxygens (including phenoxy) is 2. The summed E-state index contributed by atoms with van der Waals surface area (Å²) in [7, 11) is 0. The maximum absolute atomic E-state index is 13.8. The van der Waals surface area contributed by atoms with Gasteiger partial charge in [0.15, 0.2) is 0 Å². The lowest BCUT2D eigenvalue weighted by molar-refractivity contribution is -0.137. The van der Waals surface area contributed by atoms with Crippen LogP contribution in [-0.4, -0.2) is 22.8 Å². The van der Waals surface area contributed by atoms with Gasteiger partial charge in [-0.15, -0.1) is 0 Å². The van der Waals surface area contributed by atoms with Gasteiger partial charge in [-0.05, 0) is 81.9 Å². The summed E-state index contributed by atoms with van der Waals surface area (Å²) in [4.78, 5) is 10.8. The van der Waals surface area contributed by atoms with Gasteiger partial charge in [-0.2, -0.15) is 0 Å². The number of carboxylic acids is 1. The molecule has 2 aliphatic carbocycles. The third-order valence-corrected chi connectivity index (χ3v) is 5.86. The highest BCUT2D eigenvalue weighted by Crippen LogP contribution is 2.60. The minimum absolute atomic E-state index is 0.000227. The average molecular weight is 364 g/mol. The maximum atomic E-state index is 13.8. The van der Waals surface area contributed by atoms with E-state index >= 15 is 0 Å². The fourth-order valence-electron chi connectivity index (χ4n) is 4.70. The van der Waals surface area contributed by atoms with Crippen molar-refractivity contribution in [1.29, 1.82) is 0 Å². The van der Waals surface area contributed by atoms with E-state index in [-0.39, 0.29) is 29.4 Å². The van der Waals surface area contributed by atoms with Gasteiger partial charge in [0.1, 0.15) is 11.6 Å². The SMILES string of the molecule is CC(C)Oc1cc(F)cc(COC23CCC(CCCC(=O)O)(CC2)C3)c1. The fourth-order valence-corrected chi connectivity index (χ4v) is 4.70. The van der Waals surface area contributed by atoms with Gasteiger partial charge in [0.25, 0.3) is 0 Å². The Kier molecular flexibility index (Phi) is 5.56. The zero-order chi connectivity index (χ0) is 18.8. The van der Waals surface area contributed by atoms with E-state index in [4.69, 9.17) is 14.6 Å². The summed E-state index contributed by atoms with van der Waals surface area (Å²) >= 11 is 0. The molecular formula is C21H29FO4. The minimum Gasteiger partial charge on any atom is -0.491 e. The molecule has 0 unspecified atom stereocenters. The van der Waals surface area contributed by atoms with Crippen LogP contribution in [-0.2, 0) is 16.1 Å². The summed E-state index contributed by atoms with van der Waals surface area (Å²) in [6.07, 6.45) is 7.22. The van der Waals surface area contributed by atoms with Crippen LogP contribution in [0.5, 0.6) is 5.75 Å². The van der Waals surface area contributed by atoms with Crippen molar-refractivity contribution in [3.63, 3.8) is 0 Å². The summed E-state index contributed by atoms with van der Waals surface area (Å²) < 4.78 is 25.7. The number of aliphatic carboxylic acids is 1. The van der Waals surface area contributed by atoms with Crippen molar-refractivity contribution in [2.24, 2.45) is 5.41 Å². The number of benzene rings is 1. The quantitative estimate of drug-likeness (QED) is 0.663. The van der Waals surface area contributed by atoms with Crippen LogP contribution in [0.2, 0.25) is 0 Å². The number of carbonyl (C=O) groups is 1. The van der Waals surface area contributed by atoms with E-state index in [0.29, 0.717) is 12.4 Å². The molecule has 2 aliphatic rings. The second-order valence-electron chi connectivity index (χ2n) is 8.36. The molecule has 0 saturated heterocycles. The number of hydrogen-bond donors (Lipinski definition) is 1. The summed E-state index contributed by atoms with van der Waals surface area (Å²) in [5, 5.41) is 8.85. The second kappa shape index (κ2) is 7.55. The number of hydrogen-bond acceptors (Lipinski definition) is 3. The van der Waals surface area contributed by atoms with Crippen LogP contribution in [0.15, 0.2) is 18.2 Å². The topological polar surface area (TPSA) is 55.8 Å². The molecule has 1 aromatic carbocycles. The van der Waals surface area contributed by atoms with Gasteiger partial charge in [0.05, 0.1) is 18.3 Å². The molecule has 1 aromatic rings. The van der Waals surface area contributed by atoms with Gasteiger partial charge in [-0.1, -0.05) is 0 Å². The van der Waals surface area contributed by atoms with Gasteiger partial charge >= 0.3 is 5.97 Å². The lowest BCUT2D eigenvalue weighted by atomic mass is 9.80. The second-order valence-corrected chi connectivity index (χ2v) is 8.36. The van der Waals surface area contributed by atoms with Crippen LogP contribution >= 0.6 is 0 Å². The summed E-state index contributed by atoms with van der Waals surface area (Å²) in [5.41, 5.74) is 0.933. The lowest BCUT2D eigenvalue weighted by Gasteiger charge is -2.28. The first-order valence-corrected chi connectivity index (χ1v) is 9.62. The number of rotatable bonds is 9. The molecule has 0 heterocycles. The van der Waals surface area contributed by atoms with Gasteiger partial charge in [-0.25, -0.2) is 4.39 Å². The largest absolute Gasteiger partial charge is 0.491 e. The Morgan fingerprint density at radius 1 is 1.23 bits per heavy atom. The standard InChI is InChI=1S/C21H29FO4/c1-15(2)26-18-11-16(10-17(22)12-18)13-25-21-8-6-20(14-21,7-9-21)5-3-4-19(23)24/h10-12,15H,3-9,13-14H2,1-2H3,(H,23,24). The third-order valence-electron chi connectivity index (χ3n) is 5.86. The van der Waals surface area contributed by atoms with Crippen molar-refractivity contribution in [1.82, 2.24) is 0 Å². The molecule has 3 rings (SSSR count). The van der Waals surface area contributed by atoms with E-state index in [1.54, 1.807) is 0 Å². The predicted octanol–water partition coefficient (Wildman–Crippen LogP) is 5.09. The van der Waals surface area contributed by atoms with Crippen LogP contribution in [0.4, 0.5) is 4.39 Å². The Bertz CT molecular complexity index is 647. The lowest BCUT2D eigenvalue weighted by Crippen LogP contribution is -2.26. The molecule has 2 saturated carbocycles. The van der Waals surface area contributed by atoms with Crippen molar-refractivity contribution in [2.45, 2.75) is 83.5 Å². The Morgan fingerprint density at radius 2 is 1.96 bits per heavy atom. The van der Waals surface area contributed by atoms with Crippen molar-refractivity contribution < 1.29 is 23.8 Å². The zero-order valence-electron chi connectivity index (χ0n) is 15.7. The van der Waals surface area contributed by atoms with E-state index in [9.17, 15) is 9.18 Å². The van der Waals surface area contributed by atoms with E-state index in [1.165, 1.54) is 12.1 Å². The Balaban J connectivity index is 1.57. The van der Waals surface area contributed by atoms with Gasteiger partial charge < -0.3 is 14.6 Å². The highest BCUT2D eigenvalue weighted by Gasteiger charge is 2.54. The predicted molar refractivity (Wildman–Crippen MR) is 96.7 cm³/mol.